The number of rotatable bonds is 3. The summed E-state index contributed by atoms with van der Waals surface area (Å²) < 4.78 is 5.05. The maximum absolute atomic E-state index is 10.6. The van der Waals surface area contributed by atoms with Crippen molar-refractivity contribution < 1.29 is 14.6 Å². The van der Waals surface area contributed by atoms with E-state index in [2.05, 4.69) is 9.97 Å². The van der Waals surface area contributed by atoms with Gasteiger partial charge in [0.1, 0.15) is 5.75 Å². The molecule has 1 aromatic carbocycles. The molecule has 0 bridgehead atoms. The molecule has 0 aliphatic heterocycles. The summed E-state index contributed by atoms with van der Waals surface area (Å²) in [5.74, 6) is -0.578. The normalized spacial score (nSPS) is 9.94. The summed E-state index contributed by atoms with van der Waals surface area (Å²) in [6, 6.07) is 7.36. The van der Waals surface area contributed by atoms with E-state index in [1.165, 1.54) is 12.4 Å². The summed E-state index contributed by atoms with van der Waals surface area (Å²) in [6.45, 7) is 0. The number of methoxy groups -OCH3 is 1. The average molecular weight is 230 g/mol. The van der Waals surface area contributed by atoms with Gasteiger partial charge in [0.15, 0.2) is 0 Å². The van der Waals surface area contributed by atoms with E-state index in [-0.39, 0.29) is 5.82 Å². The summed E-state index contributed by atoms with van der Waals surface area (Å²) in [5, 5.41) is 8.67. The van der Waals surface area contributed by atoms with Crippen LogP contribution in [0.25, 0.3) is 11.1 Å². The maximum Gasteiger partial charge on any atom is 0.373 e. The highest BCUT2D eigenvalue weighted by atomic mass is 16.5. The zero-order valence-corrected chi connectivity index (χ0v) is 9.12. The number of hydrogen-bond donors (Lipinski definition) is 1. The second kappa shape index (κ2) is 4.61. The molecular formula is C12H10N2O3. The smallest absolute Gasteiger partial charge is 0.373 e. The van der Waals surface area contributed by atoms with Crippen molar-refractivity contribution in [3.8, 4) is 16.9 Å². The first-order valence-corrected chi connectivity index (χ1v) is 4.90. The predicted octanol–water partition coefficient (Wildman–Crippen LogP) is 1.85. The topological polar surface area (TPSA) is 72.3 Å². The van der Waals surface area contributed by atoms with E-state index in [0.29, 0.717) is 0 Å². The van der Waals surface area contributed by atoms with Crippen LogP contribution in [0, 0.1) is 0 Å². The van der Waals surface area contributed by atoms with Crippen LogP contribution < -0.4 is 4.74 Å². The lowest BCUT2D eigenvalue weighted by Crippen LogP contribution is -2.03. The first-order valence-electron chi connectivity index (χ1n) is 4.90. The van der Waals surface area contributed by atoms with Crippen molar-refractivity contribution in [2.24, 2.45) is 0 Å². The molecule has 17 heavy (non-hydrogen) atoms. The number of carboxylic acid groups (broad SMARTS) is 1. The van der Waals surface area contributed by atoms with Gasteiger partial charge in [-0.2, -0.15) is 0 Å². The Kier molecular flexibility index (Phi) is 3.00. The third-order valence-electron chi connectivity index (χ3n) is 2.27. The molecule has 5 nitrogen and oxygen atoms in total. The number of benzene rings is 1. The second-order valence-corrected chi connectivity index (χ2v) is 3.33. The molecule has 0 saturated carbocycles. The standard InChI is InChI=1S/C12H10N2O3/c1-17-10-4-2-8(3-5-10)9-6-13-11(12(15)16)14-7-9/h2-7H,1H3,(H,15,16). The molecule has 5 heteroatoms. The third-order valence-corrected chi connectivity index (χ3v) is 2.27. The maximum atomic E-state index is 10.6. The molecule has 0 fully saturated rings. The van der Waals surface area contributed by atoms with E-state index in [0.717, 1.165) is 16.9 Å². The van der Waals surface area contributed by atoms with Gasteiger partial charge < -0.3 is 9.84 Å². The van der Waals surface area contributed by atoms with Gasteiger partial charge in [-0.1, -0.05) is 12.1 Å². The number of hydrogen-bond acceptors (Lipinski definition) is 4. The Morgan fingerprint density at radius 1 is 1.12 bits per heavy atom. The van der Waals surface area contributed by atoms with Gasteiger partial charge in [-0.25, -0.2) is 14.8 Å². The number of carbonyl (C=O) groups is 1. The summed E-state index contributed by atoms with van der Waals surface area (Å²) in [5.41, 5.74) is 1.67. The molecule has 0 amide bonds. The van der Waals surface area contributed by atoms with Crippen molar-refractivity contribution in [2.45, 2.75) is 0 Å². The summed E-state index contributed by atoms with van der Waals surface area (Å²) in [4.78, 5) is 18.1. The number of nitrogens with zero attached hydrogens (tertiary/aromatic N) is 2. The van der Waals surface area contributed by atoms with E-state index in [1.807, 2.05) is 24.3 Å². The lowest BCUT2D eigenvalue weighted by atomic mass is 10.1. The van der Waals surface area contributed by atoms with Gasteiger partial charge in [-0.15, -0.1) is 0 Å². The first kappa shape index (κ1) is 11.1. The fourth-order valence-corrected chi connectivity index (χ4v) is 1.37. The van der Waals surface area contributed by atoms with E-state index < -0.39 is 5.97 Å². The molecule has 2 rings (SSSR count). The number of carboxylic acids is 1. The molecule has 1 N–H and O–H groups in total. The van der Waals surface area contributed by atoms with Crippen LogP contribution in [-0.4, -0.2) is 28.2 Å². The van der Waals surface area contributed by atoms with Crippen LogP contribution in [0.5, 0.6) is 5.75 Å². The largest absolute Gasteiger partial charge is 0.497 e. The molecule has 0 atom stereocenters. The predicted molar refractivity (Wildman–Crippen MR) is 61.0 cm³/mol. The van der Waals surface area contributed by atoms with Crippen LogP contribution in [0.15, 0.2) is 36.7 Å². The first-order chi connectivity index (χ1) is 8.20. The van der Waals surface area contributed by atoms with Gasteiger partial charge in [0.2, 0.25) is 5.82 Å². The third kappa shape index (κ3) is 2.39. The highest BCUT2D eigenvalue weighted by Crippen LogP contribution is 2.20. The molecule has 86 valence electrons. The van der Waals surface area contributed by atoms with Crippen molar-refractivity contribution in [3.63, 3.8) is 0 Å². The highest BCUT2D eigenvalue weighted by molar-refractivity contribution is 5.83. The number of aromatic carboxylic acids is 1. The van der Waals surface area contributed by atoms with Crippen LogP contribution in [-0.2, 0) is 0 Å². The summed E-state index contributed by atoms with van der Waals surface area (Å²) in [7, 11) is 1.60. The fraction of sp³-hybridized carbons (Fsp3) is 0.0833. The molecule has 0 aliphatic rings. The fourth-order valence-electron chi connectivity index (χ4n) is 1.37. The van der Waals surface area contributed by atoms with Gasteiger partial charge in [0.05, 0.1) is 7.11 Å². The van der Waals surface area contributed by atoms with E-state index in [1.54, 1.807) is 7.11 Å². The van der Waals surface area contributed by atoms with Crippen LogP contribution in [0.2, 0.25) is 0 Å². The Labute approximate surface area is 97.7 Å². The Bertz CT molecular complexity index is 520. The van der Waals surface area contributed by atoms with Crippen LogP contribution >= 0.6 is 0 Å². The average Bonchev–Trinajstić information content (AvgIpc) is 2.39. The number of ether oxygens (including phenoxy) is 1. The minimum Gasteiger partial charge on any atom is -0.497 e. The molecule has 2 aromatic rings. The lowest BCUT2D eigenvalue weighted by molar-refractivity contribution is 0.0683. The Hall–Kier alpha value is -2.43. The molecule has 0 unspecified atom stereocenters. The van der Waals surface area contributed by atoms with Gasteiger partial charge in [-0.05, 0) is 17.7 Å². The van der Waals surface area contributed by atoms with Gasteiger partial charge in [0.25, 0.3) is 0 Å². The van der Waals surface area contributed by atoms with E-state index in [4.69, 9.17) is 9.84 Å². The molecular weight excluding hydrogens is 220 g/mol. The van der Waals surface area contributed by atoms with Crippen LogP contribution in [0.4, 0.5) is 0 Å². The quantitative estimate of drug-likeness (QED) is 0.871. The SMILES string of the molecule is COc1ccc(-c2cnc(C(=O)O)nc2)cc1. The zero-order chi connectivity index (χ0) is 12.3. The Balaban J connectivity index is 2.29. The van der Waals surface area contributed by atoms with Gasteiger partial charge in [-0.3, -0.25) is 0 Å². The van der Waals surface area contributed by atoms with Crippen molar-refractivity contribution >= 4 is 5.97 Å². The van der Waals surface area contributed by atoms with Crippen LogP contribution in [0.3, 0.4) is 0 Å². The minimum atomic E-state index is -1.13. The van der Waals surface area contributed by atoms with Gasteiger partial charge >= 0.3 is 5.97 Å². The van der Waals surface area contributed by atoms with E-state index >= 15 is 0 Å². The van der Waals surface area contributed by atoms with Crippen molar-refractivity contribution in [3.05, 3.63) is 42.5 Å². The van der Waals surface area contributed by atoms with Crippen molar-refractivity contribution in [1.82, 2.24) is 9.97 Å². The lowest BCUT2D eigenvalue weighted by Gasteiger charge is -2.03. The molecule has 0 saturated heterocycles. The van der Waals surface area contributed by atoms with Crippen molar-refractivity contribution in [2.75, 3.05) is 7.11 Å². The summed E-state index contributed by atoms with van der Waals surface area (Å²) >= 11 is 0. The second-order valence-electron chi connectivity index (χ2n) is 3.33. The molecule has 0 aliphatic carbocycles. The molecule has 1 heterocycles. The van der Waals surface area contributed by atoms with Gasteiger partial charge in [0, 0.05) is 18.0 Å². The molecule has 0 spiro atoms. The minimum absolute atomic E-state index is 0.206. The van der Waals surface area contributed by atoms with Crippen molar-refractivity contribution in [1.29, 1.82) is 0 Å². The van der Waals surface area contributed by atoms with E-state index in [9.17, 15) is 4.79 Å². The Morgan fingerprint density at radius 3 is 2.18 bits per heavy atom. The molecule has 1 aromatic heterocycles. The monoisotopic (exact) mass is 230 g/mol. The Morgan fingerprint density at radius 2 is 1.71 bits per heavy atom. The number of aromatic nitrogens is 2. The van der Waals surface area contributed by atoms with Crippen LogP contribution in [0.1, 0.15) is 10.6 Å². The zero-order valence-electron chi connectivity index (χ0n) is 9.12. The molecule has 0 radical (unpaired) electrons. The summed E-state index contributed by atoms with van der Waals surface area (Å²) in [6.07, 6.45) is 2.97. The highest BCUT2D eigenvalue weighted by Gasteiger charge is 2.06.